The van der Waals surface area contributed by atoms with Gasteiger partial charge in [0.2, 0.25) is 0 Å². The van der Waals surface area contributed by atoms with E-state index in [4.69, 9.17) is 4.74 Å². The molecule has 27 heavy (non-hydrogen) atoms. The van der Waals surface area contributed by atoms with Gasteiger partial charge >= 0.3 is 0 Å². The van der Waals surface area contributed by atoms with Crippen LogP contribution in [0.15, 0.2) is 42.6 Å². The molecule has 0 saturated carbocycles. The molecule has 2 amide bonds. The lowest BCUT2D eigenvalue weighted by atomic mass is 10.2. The summed E-state index contributed by atoms with van der Waals surface area (Å²) in [6.07, 6.45) is 2.33. The Morgan fingerprint density at radius 3 is 2.70 bits per heavy atom. The molecule has 0 atom stereocenters. The van der Waals surface area contributed by atoms with Crippen molar-refractivity contribution in [3.63, 3.8) is 0 Å². The zero-order chi connectivity index (χ0) is 19.1. The predicted octanol–water partition coefficient (Wildman–Crippen LogP) is 2.31. The van der Waals surface area contributed by atoms with Gasteiger partial charge in [0, 0.05) is 31.4 Å². The third kappa shape index (κ3) is 4.83. The quantitative estimate of drug-likeness (QED) is 0.817. The summed E-state index contributed by atoms with van der Waals surface area (Å²) in [6, 6.07) is 10.8. The van der Waals surface area contributed by atoms with Crippen molar-refractivity contribution in [1.29, 1.82) is 0 Å². The van der Waals surface area contributed by atoms with E-state index in [1.165, 1.54) is 12.3 Å². The lowest BCUT2D eigenvalue weighted by Crippen LogP contribution is -2.36. The molecule has 1 aromatic carbocycles. The Hall–Kier alpha value is -2.93. The average molecular weight is 368 g/mol. The van der Waals surface area contributed by atoms with Crippen LogP contribution in [0.25, 0.3) is 0 Å². The van der Waals surface area contributed by atoms with Crippen LogP contribution >= 0.6 is 0 Å². The van der Waals surface area contributed by atoms with Gasteiger partial charge in [-0.2, -0.15) is 0 Å². The van der Waals surface area contributed by atoms with Crippen molar-refractivity contribution >= 4 is 23.2 Å². The fourth-order valence-electron chi connectivity index (χ4n) is 2.88. The van der Waals surface area contributed by atoms with E-state index in [0.717, 1.165) is 25.2 Å². The van der Waals surface area contributed by atoms with E-state index in [2.05, 4.69) is 20.5 Å². The number of amides is 2. The highest BCUT2D eigenvalue weighted by Gasteiger charge is 2.17. The van der Waals surface area contributed by atoms with Gasteiger partial charge in [-0.25, -0.2) is 0 Å². The molecule has 0 aliphatic carbocycles. The summed E-state index contributed by atoms with van der Waals surface area (Å²) >= 11 is 0. The second kappa shape index (κ2) is 9.14. The number of hydrogen-bond acceptors (Lipinski definition) is 5. The second-order valence-electron chi connectivity index (χ2n) is 6.26. The van der Waals surface area contributed by atoms with Gasteiger partial charge in [-0.05, 0) is 30.7 Å². The average Bonchev–Trinajstić information content (AvgIpc) is 2.73. The van der Waals surface area contributed by atoms with Crippen LogP contribution in [0.4, 0.5) is 11.4 Å². The maximum absolute atomic E-state index is 12.7. The molecule has 0 unspecified atom stereocenters. The molecule has 2 aromatic rings. The van der Waals surface area contributed by atoms with Crippen LogP contribution in [0.2, 0.25) is 0 Å². The van der Waals surface area contributed by atoms with E-state index < -0.39 is 0 Å². The topological polar surface area (TPSA) is 83.6 Å². The largest absolute Gasteiger partial charge is 0.378 e. The van der Waals surface area contributed by atoms with Crippen molar-refractivity contribution in [3.05, 3.63) is 53.9 Å². The highest BCUT2D eigenvalue weighted by Crippen LogP contribution is 2.26. The summed E-state index contributed by atoms with van der Waals surface area (Å²) in [5.74, 6) is -0.553. The van der Waals surface area contributed by atoms with Crippen molar-refractivity contribution in [3.8, 4) is 0 Å². The second-order valence-corrected chi connectivity index (χ2v) is 6.26. The van der Waals surface area contributed by atoms with Crippen LogP contribution in [-0.4, -0.2) is 49.6 Å². The molecule has 1 aliphatic heterocycles. The van der Waals surface area contributed by atoms with Crippen LogP contribution in [0.5, 0.6) is 0 Å². The number of carbonyl (C=O) groups is 2. The fraction of sp³-hybridized carbons (Fsp3) is 0.350. The molecule has 2 heterocycles. The Bertz CT molecular complexity index is 803. The van der Waals surface area contributed by atoms with Crippen LogP contribution in [0.3, 0.4) is 0 Å². The van der Waals surface area contributed by atoms with Crippen LogP contribution in [0, 0.1) is 0 Å². The lowest BCUT2D eigenvalue weighted by Gasteiger charge is -2.30. The minimum Gasteiger partial charge on any atom is -0.378 e. The molecule has 0 radical (unpaired) electrons. The third-order valence-electron chi connectivity index (χ3n) is 4.29. The minimum atomic E-state index is -0.346. The molecule has 0 bridgehead atoms. The highest BCUT2D eigenvalue weighted by atomic mass is 16.5. The maximum Gasteiger partial charge on any atom is 0.274 e. The van der Waals surface area contributed by atoms with E-state index >= 15 is 0 Å². The Morgan fingerprint density at radius 1 is 1.15 bits per heavy atom. The number of morpholine rings is 1. The van der Waals surface area contributed by atoms with E-state index in [9.17, 15) is 9.59 Å². The summed E-state index contributed by atoms with van der Waals surface area (Å²) in [5, 5.41) is 5.72. The highest BCUT2D eigenvalue weighted by molar-refractivity contribution is 6.06. The number of rotatable bonds is 6. The Labute approximate surface area is 158 Å². The van der Waals surface area contributed by atoms with Crippen molar-refractivity contribution in [2.24, 2.45) is 0 Å². The zero-order valence-corrected chi connectivity index (χ0v) is 15.4. The van der Waals surface area contributed by atoms with Crippen molar-refractivity contribution in [2.45, 2.75) is 13.3 Å². The summed E-state index contributed by atoms with van der Waals surface area (Å²) in [6.45, 7) is 5.46. The number of nitrogens with zero attached hydrogens (tertiary/aromatic N) is 2. The molecule has 7 heteroatoms. The minimum absolute atomic E-state index is 0.205. The summed E-state index contributed by atoms with van der Waals surface area (Å²) in [5.41, 5.74) is 2.29. The Balaban J connectivity index is 1.75. The smallest absolute Gasteiger partial charge is 0.274 e. The Morgan fingerprint density at radius 2 is 1.93 bits per heavy atom. The molecular formula is C20H24N4O3. The summed E-state index contributed by atoms with van der Waals surface area (Å²) in [4.78, 5) is 31.1. The lowest BCUT2D eigenvalue weighted by molar-refractivity contribution is 0.0953. The Kier molecular flexibility index (Phi) is 6.38. The van der Waals surface area contributed by atoms with E-state index in [0.29, 0.717) is 31.0 Å². The van der Waals surface area contributed by atoms with E-state index in [-0.39, 0.29) is 17.5 Å². The first-order valence-electron chi connectivity index (χ1n) is 9.16. The van der Waals surface area contributed by atoms with Crippen molar-refractivity contribution < 1.29 is 14.3 Å². The van der Waals surface area contributed by atoms with Gasteiger partial charge in [-0.3, -0.25) is 14.6 Å². The van der Waals surface area contributed by atoms with Crippen molar-refractivity contribution in [1.82, 2.24) is 10.3 Å². The SMILES string of the molecule is CCCNC(=O)c1ccnc(C(=O)Nc2ccccc2N2CCOCC2)c1. The molecule has 1 fully saturated rings. The third-order valence-corrected chi connectivity index (χ3v) is 4.29. The first-order valence-corrected chi connectivity index (χ1v) is 9.16. The maximum atomic E-state index is 12.7. The molecule has 7 nitrogen and oxygen atoms in total. The van der Waals surface area contributed by atoms with Gasteiger partial charge in [0.25, 0.3) is 11.8 Å². The monoisotopic (exact) mass is 368 g/mol. The predicted molar refractivity (Wildman–Crippen MR) is 104 cm³/mol. The summed E-state index contributed by atoms with van der Waals surface area (Å²) < 4.78 is 5.40. The van der Waals surface area contributed by atoms with Crippen LogP contribution in [-0.2, 0) is 4.74 Å². The van der Waals surface area contributed by atoms with Crippen LogP contribution in [0.1, 0.15) is 34.2 Å². The normalized spacial score (nSPS) is 13.9. The number of para-hydroxylation sites is 2. The number of benzene rings is 1. The molecule has 1 aromatic heterocycles. The molecule has 2 N–H and O–H groups in total. The van der Waals surface area contributed by atoms with Gasteiger partial charge in [0.05, 0.1) is 24.6 Å². The summed E-state index contributed by atoms with van der Waals surface area (Å²) in [7, 11) is 0. The van der Waals surface area contributed by atoms with Gasteiger partial charge in [-0.1, -0.05) is 19.1 Å². The number of aromatic nitrogens is 1. The molecule has 142 valence electrons. The molecule has 1 saturated heterocycles. The zero-order valence-electron chi connectivity index (χ0n) is 15.4. The van der Waals surface area contributed by atoms with E-state index in [1.807, 2.05) is 31.2 Å². The van der Waals surface area contributed by atoms with Gasteiger partial charge < -0.3 is 20.3 Å². The first-order chi connectivity index (χ1) is 13.2. The first kappa shape index (κ1) is 18.8. The van der Waals surface area contributed by atoms with Crippen molar-refractivity contribution in [2.75, 3.05) is 43.1 Å². The molecule has 1 aliphatic rings. The number of hydrogen-bond donors (Lipinski definition) is 2. The van der Waals surface area contributed by atoms with Gasteiger partial charge in [0.1, 0.15) is 5.69 Å². The molecule has 0 spiro atoms. The number of nitrogens with one attached hydrogen (secondary N) is 2. The molecular weight excluding hydrogens is 344 g/mol. The van der Waals surface area contributed by atoms with Gasteiger partial charge in [-0.15, -0.1) is 0 Å². The number of pyridine rings is 1. The standard InChI is InChI=1S/C20H24N4O3/c1-2-8-22-19(25)15-7-9-21-17(14-15)20(26)23-16-5-3-4-6-18(16)24-10-12-27-13-11-24/h3-7,9,14H,2,8,10-13H2,1H3,(H,22,25)(H,23,26). The number of carbonyl (C=O) groups excluding carboxylic acids is 2. The van der Waals surface area contributed by atoms with Gasteiger partial charge in [0.15, 0.2) is 0 Å². The molecule has 3 rings (SSSR count). The number of anilines is 2. The number of ether oxygens (including phenoxy) is 1. The van der Waals surface area contributed by atoms with E-state index in [1.54, 1.807) is 6.07 Å². The van der Waals surface area contributed by atoms with Crippen LogP contribution < -0.4 is 15.5 Å². The fourth-order valence-corrected chi connectivity index (χ4v) is 2.88.